The van der Waals surface area contributed by atoms with Gasteiger partial charge in [0.1, 0.15) is 23.4 Å². The second-order valence-electron chi connectivity index (χ2n) is 4.29. The molecular formula is C10H16CoO6. The Morgan fingerprint density at radius 1 is 0.824 bits per heavy atom. The molecule has 0 bridgehead atoms. The predicted octanol–water partition coefficient (Wildman–Crippen LogP) is 0.590. The van der Waals surface area contributed by atoms with Crippen molar-refractivity contribution in [3.63, 3.8) is 0 Å². The van der Waals surface area contributed by atoms with Gasteiger partial charge in [-0.05, 0) is 27.7 Å². The first kappa shape index (κ1) is 21.1. The molecule has 7 heteroatoms. The first-order valence-electron chi connectivity index (χ1n) is 4.40. The van der Waals surface area contributed by atoms with Crippen LogP contribution >= 0.6 is 0 Å². The normalized spacial score (nSPS) is 10.1. The fourth-order valence-corrected chi connectivity index (χ4v) is 0.101. The fraction of sp³-hybridized carbons (Fsp3) is 0.600. The van der Waals surface area contributed by atoms with Crippen molar-refractivity contribution in [1.82, 2.24) is 0 Å². The quantitative estimate of drug-likeness (QED) is 0.579. The van der Waals surface area contributed by atoms with Crippen molar-refractivity contribution >= 4 is 24.5 Å². The Hall–Kier alpha value is -1.21. The second-order valence-corrected chi connectivity index (χ2v) is 4.29. The molecule has 6 nitrogen and oxygen atoms in total. The average molecular weight is 291 g/mol. The van der Waals surface area contributed by atoms with Crippen LogP contribution in [0.3, 0.4) is 0 Å². The minimum atomic E-state index is -1.22. The van der Waals surface area contributed by atoms with Crippen LogP contribution in [0.4, 0.5) is 0 Å². The molecule has 0 saturated heterocycles. The van der Waals surface area contributed by atoms with Crippen LogP contribution in [0.5, 0.6) is 0 Å². The van der Waals surface area contributed by atoms with Crippen molar-refractivity contribution in [1.29, 1.82) is 0 Å². The van der Waals surface area contributed by atoms with E-state index in [1.54, 1.807) is 0 Å². The summed E-state index contributed by atoms with van der Waals surface area (Å²) in [6, 6.07) is 0. The van der Waals surface area contributed by atoms with E-state index in [0.717, 1.165) is 0 Å². The van der Waals surface area contributed by atoms with Gasteiger partial charge in [0.2, 0.25) is 0 Å². The summed E-state index contributed by atoms with van der Waals surface area (Å²) in [6.07, 6.45) is 0.824. The van der Waals surface area contributed by atoms with Gasteiger partial charge in [0, 0.05) is 16.8 Å². The van der Waals surface area contributed by atoms with Crippen LogP contribution in [-0.4, -0.2) is 34.7 Å². The third-order valence-electron chi connectivity index (χ3n) is 1.69. The van der Waals surface area contributed by atoms with Crippen molar-refractivity contribution < 1.29 is 46.2 Å². The average Bonchev–Trinajstić information content (AvgIpc) is 2.18. The van der Waals surface area contributed by atoms with Crippen molar-refractivity contribution in [3.05, 3.63) is 0 Å². The number of hydrogen-bond acceptors (Lipinski definition) is 4. The smallest absolute Gasteiger partial charge is 0.316 e. The SMILES string of the molecule is CC(C)(C=O)C(=O)O.CC(C)(C=O)C(=O)O.[Co]. The van der Waals surface area contributed by atoms with Crippen molar-refractivity contribution in [2.45, 2.75) is 27.7 Å². The topological polar surface area (TPSA) is 109 Å². The maximum atomic E-state index is 10.0. The van der Waals surface area contributed by atoms with E-state index in [1.807, 2.05) is 0 Å². The molecule has 0 heterocycles. The predicted molar refractivity (Wildman–Crippen MR) is 55.0 cm³/mol. The number of rotatable bonds is 4. The number of carbonyl (C=O) groups excluding carboxylic acids is 2. The van der Waals surface area contributed by atoms with Gasteiger partial charge >= 0.3 is 11.9 Å². The summed E-state index contributed by atoms with van der Waals surface area (Å²) in [5.41, 5.74) is -2.44. The zero-order valence-corrected chi connectivity index (χ0v) is 11.1. The molecule has 0 aromatic rings. The summed E-state index contributed by atoms with van der Waals surface area (Å²) in [5.74, 6) is -2.18. The van der Waals surface area contributed by atoms with E-state index in [1.165, 1.54) is 27.7 Å². The van der Waals surface area contributed by atoms with Gasteiger partial charge in [0.15, 0.2) is 0 Å². The number of carbonyl (C=O) groups is 4. The zero-order valence-electron chi connectivity index (χ0n) is 10.0. The minimum absolute atomic E-state index is 0. The van der Waals surface area contributed by atoms with Crippen LogP contribution in [0, 0.1) is 10.8 Å². The molecule has 0 spiro atoms. The van der Waals surface area contributed by atoms with Crippen LogP contribution in [-0.2, 0) is 36.0 Å². The fourth-order valence-electron chi connectivity index (χ4n) is 0.101. The molecule has 0 unspecified atom stereocenters. The summed E-state index contributed by atoms with van der Waals surface area (Å²) in [7, 11) is 0. The van der Waals surface area contributed by atoms with Gasteiger partial charge in [0.25, 0.3) is 0 Å². The van der Waals surface area contributed by atoms with Crippen LogP contribution in [0.1, 0.15) is 27.7 Å². The van der Waals surface area contributed by atoms with Crippen molar-refractivity contribution in [3.8, 4) is 0 Å². The Bertz CT molecular complexity index is 265. The third-order valence-corrected chi connectivity index (χ3v) is 1.69. The maximum Gasteiger partial charge on any atom is 0.316 e. The van der Waals surface area contributed by atoms with Crippen LogP contribution in [0.15, 0.2) is 0 Å². The number of aldehydes is 2. The number of hydrogen-bond donors (Lipinski definition) is 2. The Labute approximate surface area is 110 Å². The van der Waals surface area contributed by atoms with Crippen LogP contribution in [0.2, 0.25) is 0 Å². The third kappa shape index (κ3) is 8.58. The molecule has 0 aliphatic carbocycles. The molecule has 101 valence electrons. The van der Waals surface area contributed by atoms with E-state index < -0.39 is 22.8 Å². The maximum absolute atomic E-state index is 10.0. The molecular weight excluding hydrogens is 275 g/mol. The summed E-state index contributed by atoms with van der Waals surface area (Å²) in [4.78, 5) is 39.8. The van der Waals surface area contributed by atoms with E-state index >= 15 is 0 Å². The summed E-state index contributed by atoms with van der Waals surface area (Å²) >= 11 is 0. The van der Waals surface area contributed by atoms with E-state index in [4.69, 9.17) is 10.2 Å². The molecule has 0 saturated carbocycles. The van der Waals surface area contributed by atoms with Gasteiger partial charge in [-0.2, -0.15) is 0 Å². The molecule has 0 aliphatic heterocycles. The van der Waals surface area contributed by atoms with Gasteiger partial charge in [0.05, 0.1) is 0 Å². The Kier molecular flexibility index (Phi) is 9.89. The summed E-state index contributed by atoms with van der Waals surface area (Å²) in [6.45, 7) is 5.40. The molecule has 17 heavy (non-hydrogen) atoms. The standard InChI is InChI=1S/2C5H8O3.Co/c2*1-5(2,3-6)4(7)8;/h2*3H,1-2H3,(H,7,8);. The zero-order chi connectivity index (χ0) is 13.6. The molecule has 0 fully saturated rings. The molecule has 0 rings (SSSR count). The molecule has 2 N–H and O–H groups in total. The Balaban J connectivity index is -0.000000218. The summed E-state index contributed by atoms with van der Waals surface area (Å²) < 4.78 is 0. The molecule has 0 aromatic carbocycles. The van der Waals surface area contributed by atoms with Crippen LogP contribution in [0.25, 0.3) is 0 Å². The molecule has 0 atom stereocenters. The van der Waals surface area contributed by atoms with Crippen molar-refractivity contribution in [2.75, 3.05) is 0 Å². The van der Waals surface area contributed by atoms with E-state index in [0.29, 0.717) is 12.6 Å². The Morgan fingerprint density at radius 3 is 1.00 bits per heavy atom. The first-order valence-corrected chi connectivity index (χ1v) is 4.40. The molecule has 0 amide bonds. The Morgan fingerprint density at radius 2 is 1.00 bits per heavy atom. The van der Waals surface area contributed by atoms with Gasteiger partial charge < -0.3 is 19.8 Å². The second kappa shape index (κ2) is 7.96. The van der Waals surface area contributed by atoms with Crippen molar-refractivity contribution in [2.24, 2.45) is 10.8 Å². The van der Waals surface area contributed by atoms with E-state index in [9.17, 15) is 19.2 Å². The minimum Gasteiger partial charge on any atom is -0.481 e. The van der Waals surface area contributed by atoms with Gasteiger partial charge in [-0.25, -0.2) is 0 Å². The van der Waals surface area contributed by atoms with Gasteiger partial charge in [-0.3, -0.25) is 9.59 Å². The molecule has 0 aliphatic rings. The van der Waals surface area contributed by atoms with E-state index in [2.05, 4.69) is 0 Å². The van der Waals surface area contributed by atoms with Gasteiger partial charge in [-0.1, -0.05) is 0 Å². The molecule has 1 radical (unpaired) electrons. The summed E-state index contributed by atoms with van der Waals surface area (Å²) in [5, 5.41) is 16.4. The number of aliphatic carboxylic acids is 2. The number of carboxylic acid groups (broad SMARTS) is 2. The van der Waals surface area contributed by atoms with E-state index in [-0.39, 0.29) is 16.8 Å². The van der Waals surface area contributed by atoms with Crippen LogP contribution < -0.4 is 0 Å². The van der Waals surface area contributed by atoms with Gasteiger partial charge in [-0.15, -0.1) is 0 Å². The molecule has 0 aromatic heterocycles. The first-order chi connectivity index (χ1) is 7.01. The monoisotopic (exact) mass is 291 g/mol. The number of carboxylic acids is 2. The largest absolute Gasteiger partial charge is 0.481 e.